The van der Waals surface area contributed by atoms with Crippen molar-refractivity contribution >= 4 is 23.2 Å². The van der Waals surface area contributed by atoms with E-state index in [9.17, 15) is 19.7 Å². The van der Waals surface area contributed by atoms with Crippen LogP contribution in [0.25, 0.3) is 0 Å². The summed E-state index contributed by atoms with van der Waals surface area (Å²) in [5, 5.41) is 14.0. The molecule has 0 fully saturated rings. The van der Waals surface area contributed by atoms with Crippen LogP contribution in [0.4, 0.5) is 11.4 Å². The molecule has 122 valence electrons. The number of hydrogen-bond donors (Lipinski definition) is 1. The predicted molar refractivity (Wildman–Crippen MR) is 88.0 cm³/mol. The summed E-state index contributed by atoms with van der Waals surface area (Å²) in [6.45, 7) is 3.50. The quantitative estimate of drug-likeness (QED) is 0.530. The Morgan fingerprint density at radius 3 is 2.12 bits per heavy atom. The molecule has 0 saturated heterocycles. The zero-order valence-electron chi connectivity index (χ0n) is 13.2. The molecular weight excluding hydrogens is 310 g/mol. The average molecular weight is 325 g/mol. The Labute approximate surface area is 138 Å². The van der Waals surface area contributed by atoms with Gasteiger partial charge in [-0.2, -0.15) is 0 Å². The third-order valence-corrected chi connectivity index (χ3v) is 4.11. The number of nitro benzene ring substituents is 1. The summed E-state index contributed by atoms with van der Waals surface area (Å²) in [5.41, 5.74) is 2.56. The number of rotatable bonds is 4. The fourth-order valence-electron chi connectivity index (χ4n) is 2.64. The molecule has 0 radical (unpaired) electrons. The van der Waals surface area contributed by atoms with Crippen LogP contribution in [0.5, 0.6) is 0 Å². The Morgan fingerprint density at radius 2 is 1.58 bits per heavy atom. The number of amides is 2. The molecule has 2 aromatic carbocycles. The van der Waals surface area contributed by atoms with Crippen molar-refractivity contribution in [2.24, 2.45) is 0 Å². The van der Waals surface area contributed by atoms with Gasteiger partial charge in [-0.25, -0.2) is 0 Å². The minimum Gasteiger partial charge on any atom is -0.362 e. The Balaban J connectivity index is 1.85. The molecule has 0 aliphatic carbocycles. The molecule has 7 nitrogen and oxygen atoms in total. The van der Waals surface area contributed by atoms with Crippen molar-refractivity contribution in [3.63, 3.8) is 0 Å². The summed E-state index contributed by atoms with van der Waals surface area (Å²) in [6, 6.07) is 9.68. The molecule has 0 unspecified atom stereocenters. The average Bonchev–Trinajstić information content (AvgIpc) is 2.80. The molecule has 0 spiro atoms. The molecule has 0 aromatic heterocycles. The van der Waals surface area contributed by atoms with Gasteiger partial charge in [0.25, 0.3) is 17.5 Å². The van der Waals surface area contributed by atoms with Crippen LogP contribution in [0.15, 0.2) is 36.4 Å². The normalized spacial score (nSPS) is 13.2. The van der Waals surface area contributed by atoms with Gasteiger partial charge in [-0.1, -0.05) is 12.1 Å². The van der Waals surface area contributed by atoms with E-state index in [-0.39, 0.29) is 18.0 Å². The molecule has 2 aromatic rings. The maximum atomic E-state index is 12.3. The Hall–Kier alpha value is -3.22. The number of carbonyl (C=O) groups is 2. The van der Waals surface area contributed by atoms with Crippen molar-refractivity contribution in [2.75, 3.05) is 12.0 Å². The number of imide groups is 1. The van der Waals surface area contributed by atoms with Gasteiger partial charge in [0, 0.05) is 6.07 Å². The molecule has 24 heavy (non-hydrogen) atoms. The van der Waals surface area contributed by atoms with Crippen molar-refractivity contribution < 1.29 is 14.5 Å². The maximum Gasteiger partial charge on any atom is 0.292 e. The molecule has 0 saturated carbocycles. The van der Waals surface area contributed by atoms with Crippen LogP contribution < -0.4 is 5.32 Å². The lowest BCUT2D eigenvalue weighted by atomic mass is 10.1. The van der Waals surface area contributed by atoms with E-state index in [2.05, 4.69) is 5.32 Å². The van der Waals surface area contributed by atoms with Crippen LogP contribution in [0.1, 0.15) is 31.8 Å². The van der Waals surface area contributed by atoms with Crippen LogP contribution in [0.2, 0.25) is 0 Å². The number of anilines is 1. The van der Waals surface area contributed by atoms with Crippen LogP contribution in [-0.4, -0.2) is 28.3 Å². The van der Waals surface area contributed by atoms with Crippen molar-refractivity contribution in [2.45, 2.75) is 13.8 Å². The van der Waals surface area contributed by atoms with Crippen molar-refractivity contribution in [3.8, 4) is 0 Å². The predicted octanol–water partition coefficient (Wildman–Crippen LogP) is 2.88. The summed E-state index contributed by atoms with van der Waals surface area (Å²) in [7, 11) is 0. The number of hydrogen-bond acceptors (Lipinski definition) is 5. The number of fused-ring (bicyclic) bond motifs is 1. The van der Waals surface area contributed by atoms with Crippen molar-refractivity contribution in [3.05, 3.63) is 68.8 Å². The lowest BCUT2D eigenvalue weighted by Gasteiger charge is -2.16. The highest BCUT2D eigenvalue weighted by Crippen LogP contribution is 2.29. The molecule has 0 atom stereocenters. The van der Waals surface area contributed by atoms with E-state index in [0.717, 1.165) is 16.0 Å². The number of nitrogens with one attached hydrogen (secondary N) is 1. The molecule has 1 N–H and O–H groups in total. The first kappa shape index (κ1) is 15.7. The van der Waals surface area contributed by atoms with Gasteiger partial charge in [0.15, 0.2) is 0 Å². The van der Waals surface area contributed by atoms with Crippen LogP contribution in [-0.2, 0) is 0 Å². The van der Waals surface area contributed by atoms with E-state index in [0.29, 0.717) is 11.1 Å². The number of benzene rings is 2. The van der Waals surface area contributed by atoms with Gasteiger partial charge >= 0.3 is 0 Å². The molecule has 1 heterocycles. The fourth-order valence-corrected chi connectivity index (χ4v) is 2.64. The van der Waals surface area contributed by atoms with Gasteiger partial charge < -0.3 is 5.32 Å². The van der Waals surface area contributed by atoms with E-state index >= 15 is 0 Å². The van der Waals surface area contributed by atoms with Crippen LogP contribution >= 0.6 is 0 Å². The minimum atomic E-state index is -0.489. The van der Waals surface area contributed by atoms with E-state index in [4.69, 9.17) is 0 Å². The Kier molecular flexibility index (Phi) is 3.76. The summed E-state index contributed by atoms with van der Waals surface area (Å²) in [6.07, 6.45) is 0. The number of aryl methyl sites for hydroxylation is 2. The highest BCUT2D eigenvalue weighted by Gasteiger charge is 2.35. The molecule has 3 rings (SSSR count). The Bertz CT molecular complexity index is 841. The summed E-state index contributed by atoms with van der Waals surface area (Å²) in [4.78, 5) is 36.4. The van der Waals surface area contributed by atoms with Crippen molar-refractivity contribution in [1.29, 1.82) is 0 Å². The molecule has 1 aliphatic heterocycles. The van der Waals surface area contributed by atoms with Crippen LogP contribution in [0.3, 0.4) is 0 Å². The van der Waals surface area contributed by atoms with Gasteiger partial charge in [0.1, 0.15) is 5.69 Å². The van der Waals surface area contributed by atoms with Gasteiger partial charge in [-0.05, 0) is 43.2 Å². The molecule has 7 heteroatoms. The van der Waals surface area contributed by atoms with Gasteiger partial charge in [0.05, 0.1) is 22.7 Å². The van der Waals surface area contributed by atoms with E-state index in [1.54, 1.807) is 37.3 Å². The highest BCUT2D eigenvalue weighted by atomic mass is 16.6. The van der Waals surface area contributed by atoms with Gasteiger partial charge in [-0.15, -0.1) is 0 Å². The second kappa shape index (κ2) is 5.77. The van der Waals surface area contributed by atoms with Gasteiger partial charge in [-0.3, -0.25) is 24.6 Å². The summed E-state index contributed by atoms with van der Waals surface area (Å²) >= 11 is 0. The largest absolute Gasteiger partial charge is 0.362 e. The smallest absolute Gasteiger partial charge is 0.292 e. The second-order valence-electron chi connectivity index (χ2n) is 5.63. The maximum absolute atomic E-state index is 12.3. The SMILES string of the molecule is Cc1cc(NCN2C(=O)c3ccccc3C2=O)c([N+](=O)[O-])cc1C. The van der Waals surface area contributed by atoms with Crippen molar-refractivity contribution in [1.82, 2.24) is 4.90 Å². The zero-order valence-corrected chi connectivity index (χ0v) is 13.2. The monoisotopic (exact) mass is 325 g/mol. The Morgan fingerprint density at radius 1 is 1.04 bits per heavy atom. The van der Waals surface area contributed by atoms with E-state index in [1.165, 1.54) is 6.07 Å². The molecule has 0 bridgehead atoms. The standard InChI is InChI=1S/C17H15N3O4/c1-10-7-14(15(20(23)24)8-11(10)2)18-9-19-16(21)12-5-3-4-6-13(12)17(19)22/h3-8,18H,9H2,1-2H3. The second-order valence-corrected chi connectivity index (χ2v) is 5.63. The number of nitro groups is 1. The number of carbonyl (C=O) groups excluding carboxylic acids is 2. The third-order valence-electron chi connectivity index (χ3n) is 4.11. The summed E-state index contributed by atoms with van der Waals surface area (Å²) in [5.74, 6) is -0.816. The first-order chi connectivity index (χ1) is 11.4. The molecular formula is C17H15N3O4. The molecule has 1 aliphatic rings. The zero-order chi connectivity index (χ0) is 17.4. The van der Waals surface area contributed by atoms with Crippen LogP contribution in [0, 0.1) is 24.0 Å². The number of nitrogens with zero attached hydrogens (tertiary/aromatic N) is 2. The van der Waals surface area contributed by atoms with E-state index in [1.807, 2.05) is 6.92 Å². The molecule has 2 amide bonds. The summed E-state index contributed by atoms with van der Waals surface area (Å²) < 4.78 is 0. The fraction of sp³-hybridized carbons (Fsp3) is 0.176. The topological polar surface area (TPSA) is 92.6 Å². The van der Waals surface area contributed by atoms with E-state index < -0.39 is 16.7 Å². The highest BCUT2D eigenvalue weighted by molar-refractivity contribution is 6.21. The minimum absolute atomic E-state index is 0.0882. The lowest BCUT2D eigenvalue weighted by molar-refractivity contribution is -0.384. The third kappa shape index (κ3) is 2.50. The first-order valence-corrected chi connectivity index (χ1v) is 7.35. The van der Waals surface area contributed by atoms with Gasteiger partial charge in [0.2, 0.25) is 0 Å². The first-order valence-electron chi connectivity index (χ1n) is 7.35. The lowest BCUT2D eigenvalue weighted by Crippen LogP contribution is -2.34.